The number of fused-ring (bicyclic) bond motifs is 1. The number of benzene rings is 1. The largest absolute Gasteiger partial charge is 0.501 e. The second-order valence-electron chi connectivity index (χ2n) is 3.19. The molecule has 0 aliphatic rings. The molecule has 0 aliphatic carbocycles. The highest BCUT2D eigenvalue weighted by Crippen LogP contribution is 2.25. The van der Waals surface area contributed by atoms with Crippen molar-refractivity contribution in [3.63, 3.8) is 0 Å². The van der Waals surface area contributed by atoms with Crippen LogP contribution in [0.1, 0.15) is 11.3 Å². The van der Waals surface area contributed by atoms with Crippen LogP contribution >= 0.6 is 0 Å². The number of aryl methyl sites for hydroxylation is 1. The molecule has 2 heteroatoms. The third kappa shape index (κ3) is 1.35. The number of aromatic hydroxyl groups is 1. The molecular formula is C12H11O2+. The third-order valence-corrected chi connectivity index (χ3v) is 2.19. The van der Waals surface area contributed by atoms with Crippen LogP contribution in [0.5, 0.6) is 5.75 Å². The maximum absolute atomic E-state index is 9.43. The van der Waals surface area contributed by atoms with E-state index < -0.39 is 0 Å². The molecule has 0 fully saturated rings. The molecule has 1 aromatic carbocycles. The van der Waals surface area contributed by atoms with Crippen molar-refractivity contribution in [3.8, 4) is 5.75 Å². The summed E-state index contributed by atoms with van der Waals surface area (Å²) in [6, 6.07) is 7.42. The maximum Gasteiger partial charge on any atom is 0.368 e. The number of hydrogen-bond donors (Lipinski definition) is 1. The molecule has 0 unspecified atom stereocenters. The molecule has 70 valence electrons. The van der Waals surface area contributed by atoms with Crippen molar-refractivity contribution in [2.45, 2.75) is 6.92 Å². The van der Waals surface area contributed by atoms with Crippen LogP contribution in [0.3, 0.4) is 0 Å². The van der Waals surface area contributed by atoms with Gasteiger partial charge in [0, 0.05) is 6.07 Å². The van der Waals surface area contributed by atoms with Gasteiger partial charge in [-0.05, 0) is 11.6 Å². The lowest BCUT2D eigenvalue weighted by Crippen LogP contribution is -1.79. The summed E-state index contributed by atoms with van der Waals surface area (Å²) in [6.07, 6.45) is 1.76. The number of hydrogen-bond acceptors (Lipinski definition) is 1. The number of rotatable bonds is 1. The second kappa shape index (κ2) is 3.14. The van der Waals surface area contributed by atoms with Crippen molar-refractivity contribution in [3.05, 3.63) is 42.2 Å². The predicted molar refractivity (Wildman–Crippen MR) is 57.1 cm³/mol. The molecule has 2 aromatic rings. The fraction of sp³-hybridized carbons (Fsp3) is 0.0833. The Balaban J connectivity index is 2.76. The fourth-order valence-electron chi connectivity index (χ4n) is 1.35. The Kier molecular flexibility index (Phi) is 1.97. The highest BCUT2D eigenvalue weighted by Gasteiger charge is 2.13. The molecule has 0 saturated heterocycles. The molecule has 1 N–H and O–H groups in total. The molecule has 14 heavy (non-hydrogen) atoms. The Morgan fingerprint density at radius 2 is 2.14 bits per heavy atom. The van der Waals surface area contributed by atoms with Crippen LogP contribution < -0.4 is 0 Å². The molecule has 0 bridgehead atoms. The van der Waals surface area contributed by atoms with Gasteiger partial charge in [0.25, 0.3) is 0 Å². The zero-order chi connectivity index (χ0) is 10.1. The van der Waals surface area contributed by atoms with Gasteiger partial charge in [-0.2, -0.15) is 0 Å². The molecule has 0 radical (unpaired) electrons. The van der Waals surface area contributed by atoms with Gasteiger partial charge in [-0.1, -0.05) is 18.7 Å². The van der Waals surface area contributed by atoms with Crippen LogP contribution in [0.25, 0.3) is 17.0 Å². The first-order chi connectivity index (χ1) is 6.70. The van der Waals surface area contributed by atoms with Crippen molar-refractivity contribution in [1.82, 2.24) is 0 Å². The van der Waals surface area contributed by atoms with Crippen LogP contribution in [-0.4, -0.2) is 5.11 Å². The Labute approximate surface area is 82.1 Å². The standard InChI is InChI=1S/C12H10O2/c1-3-9-4-5-10-7-11(13)8(2)14-12(10)6-9/h3-7H,1H2,2H3/p+1. The summed E-state index contributed by atoms with van der Waals surface area (Å²) in [7, 11) is 0. The Morgan fingerprint density at radius 3 is 2.86 bits per heavy atom. The van der Waals surface area contributed by atoms with Gasteiger partial charge in [-0.3, -0.25) is 0 Å². The topological polar surface area (TPSA) is 31.5 Å². The van der Waals surface area contributed by atoms with Gasteiger partial charge in [0.05, 0.1) is 18.4 Å². The molecule has 0 aliphatic heterocycles. The van der Waals surface area contributed by atoms with Crippen LogP contribution in [0.2, 0.25) is 0 Å². The molecule has 0 atom stereocenters. The van der Waals surface area contributed by atoms with Gasteiger partial charge < -0.3 is 5.11 Å². The van der Waals surface area contributed by atoms with Crippen molar-refractivity contribution in [2.75, 3.05) is 0 Å². The highest BCUT2D eigenvalue weighted by atomic mass is 16.4. The summed E-state index contributed by atoms with van der Waals surface area (Å²) in [5.41, 5.74) is 1.77. The summed E-state index contributed by atoms with van der Waals surface area (Å²) in [5, 5.41) is 10.3. The first kappa shape index (κ1) is 8.75. The van der Waals surface area contributed by atoms with Crippen LogP contribution in [-0.2, 0) is 0 Å². The third-order valence-electron chi connectivity index (χ3n) is 2.19. The van der Waals surface area contributed by atoms with E-state index in [9.17, 15) is 5.11 Å². The first-order valence-corrected chi connectivity index (χ1v) is 4.39. The molecular weight excluding hydrogens is 176 g/mol. The monoisotopic (exact) mass is 187 g/mol. The Bertz CT molecular complexity index is 501. The average molecular weight is 187 g/mol. The van der Waals surface area contributed by atoms with Crippen LogP contribution in [0.15, 0.2) is 35.3 Å². The van der Waals surface area contributed by atoms with E-state index in [0.29, 0.717) is 5.76 Å². The SMILES string of the molecule is C=Cc1ccc2cc(O)c(C)[o+]c2c1. The van der Waals surface area contributed by atoms with Crippen molar-refractivity contribution < 1.29 is 9.52 Å². The van der Waals surface area contributed by atoms with Gasteiger partial charge in [-0.25, -0.2) is 4.42 Å². The van der Waals surface area contributed by atoms with E-state index in [1.807, 2.05) is 18.2 Å². The van der Waals surface area contributed by atoms with Gasteiger partial charge in [0.15, 0.2) is 0 Å². The van der Waals surface area contributed by atoms with Crippen LogP contribution in [0.4, 0.5) is 0 Å². The lowest BCUT2D eigenvalue weighted by atomic mass is 10.1. The zero-order valence-electron chi connectivity index (χ0n) is 7.95. The highest BCUT2D eigenvalue weighted by molar-refractivity contribution is 5.80. The summed E-state index contributed by atoms with van der Waals surface area (Å²) in [5.74, 6) is 0.711. The minimum atomic E-state index is 0.184. The van der Waals surface area contributed by atoms with E-state index in [1.54, 1.807) is 19.1 Å². The van der Waals surface area contributed by atoms with E-state index in [4.69, 9.17) is 4.42 Å². The van der Waals surface area contributed by atoms with E-state index >= 15 is 0 Å². The Morgan fingerprint density at radius 1 is 1.36 bits per heavy atom. The van der Waals surface area contributed by atoms with E-state index in [2.05, 4.69) is 6.58 Å². The summed E-state index contributed by atoms with van der Waals surface area (Å²) >= 11 is 0. The van der Waals surface area contributed by atoms with Crippen molar-refractivity contribution in [1.29, 1.82) is 0 Å². The van der Waals surface area contributed by atoms with Gasteiger partial charge in [0.1, 0.15) is 0 Å². The lowest BCUT2D eigenvalue weighted by molar-refractivity contribution is 0.432. The average Bonchev–Trinajstić information content (AvgIpc) is 2.19. The van der Waals surface area contributed by atoms with E-state index in [1.165, 1.54) is 0 Å². The summed E-state index contributed by atoms with van der Waals surface area (Å²) in [6.45, 7) is 5.42. The van der Waals surface area contributed by atoms with Gasteiger partial charge >= 0.3 is 11.3 Å². The van der Waals surface area contributed by atoms with Crippen LogP contribution in [0, 0.1) is 6.92 Å². The quantitative estimate of drug-likeness (QED) is 0.694. The molecule has 1 aromatic heterocycles. The summed E-state index contributed by atoms with van der Waals surface area (Å²) < 4.78 is 5.44. The fourth-order valence-corrected chi connectivity index (χ4v) is 1.35. The normalized spacial score (nSPS) is 10.4. The second-order valence-corrected chi connectivity index (χ2v) is 3.19. The smallest absolute Gasteiger partial charge is 0.368 e. The zero-order valence-corrected chi connectivity index (χ0v) is 7.95. The minimum absolute atomic E-state index is 0.184. The Hall–Kier alpha value is -1.83. The molecule has 0 saturated carbocycles. The first-order valence-electron chi connectivity index (χ1n) is 4.39. The van der Waals surface area contributed by atoms with E-state index in [-0.39, 0.29) is 5.75 Å². The molecule has 2 rings (SSSR count). The molecule has 1 heterocycles. The van der Waals surface area contributed by atoms with Crippen molar-refractivity contribution >= 4 is 17.0 Å². The molecule has 0 spiro atoms. The summed E-state index contributed by atoms with van der Waals surface area (Å²) in [4.78, 5) is 0. The molecule has 0 amide bonds. The molecule has 2 nitrogen and oxygen atoms in total. The minimum Gasteiger partial charge on any atom is -0.501 e. The predicted octanol–water partition coefficient (Wildman–Crippen LogP) is 3.37. The lowest BCUT2D eigenvalue weighted by Gasteiger charge is -1.93. The van der Waals surface area contributed by atoms with Gasteiger partial charge in [-0.15, -0.1) is 0 Å². The van der Waals surface area contributed by atoms with Gasteiger partial charge in [0.2, 0.25) is 5.75 Å². The maximum atomic E-state index is 9.43. The van der Waals surface area contributed by atoms with E-state index in [0.717, 1.165) is 16.5 Å². The van der Waals surface area contributed by atoms with Crippen molar-refractivity contribution in [2.24, 2.45) is 0 Å².